The number of carbonyl (C=O) groups is 1. The molecule has 3 aromatic heterocycles. The van der Waals surface area contributed by atoms with E-state index in [9.17, 15) is 9.59 Å². The highest BCUT2D eigenvalue weighted by atomic mass is 32.1. The van der Waals surface area contributed by atoms with Crippen LogP contribution in [0.4, 0.5) is 0 Å². The van der Waals surface area contributed by atoms with Crippen LogP contribution in [0.3, 0.4) is 0 Å². The van der Waals surface area contributed by atoms with Gasteiger partial charge in [0.2, 0.25) is 0 Å². The molecule has 2 unspecified atom stereocenters. The highest BCUT2D eigenvalue weighted by Crippen LogP contribution is 2.44. The summed E-state index contributed by atoms with van der Waals surface area (Å²) in [4.78, 5) is 37.4. The molecule has 136 valence electrons. The maximum Gasteiger partial charge on any atom is 0.256 e. The molecule has 6 nitrogen and oxygen atoms in total. The van der Waals surface area contributed by atoms with Crippen LogP contribution in [0.5, 0.6) is 0 Å². The molecule has 1 amide bonds. The Balaban J connectivity index is 1.62. The lowest BCUT2D eigenvalue weighted by molar-refractivity contribution is 0.0643. The average Bonchev–Trinajstić information content (AvgIpc) is 3.31. The van der Waals surface area contributed by atoms with Gasteiger partial charge in [0.05, 0.1) is 17.3 Å². The highest BCUT2D eigenvalue weighted by Gasteiger charge is 2.44. The topological polar surface area (TPSA) is 68.1 Å². The molecule has 2 aliphatic heterocycles. The van der Waals surface area contributed by atoms with Gasteiger partial charge in [0, 0.05) is 54.0 Å². The van der Waals surface area contributed by atoms with Crippen molar-refractivity contribution in [3.63, 3.8) is 0 Å². The van der Waals surface area contributed by atoms with Crippen LogP contribution < -0.4 is 5.56 Å². The first-order valence-electron chi connectivity index (χ1n) is 8.99. The summed E-state index contributed by atoms with van der Waals surface area (Å²) in [7, 11) is 1.69. The molecular formula is C20H18N4O2S. The number of fused-ring (bicyclic) bond motifs is 4. The van der Waals surface area contributed by atoms with Crippen molar-refractivity contribution in [2.45, 2.75) is 31.3 Å². The van der Waals surface area contributed by atoms with Gasteiger partial charge in [0.25, 0.3) is 11.5 Å². The molecule has 2 bridgehead atoms. The number of nitrogens with zero attached hydrogens (tertiary/aromatic N) is 4. The van der Waals surface area contributed by atoms with Crippen LogP contribution in [0, 0.1) is 0 Å². The van der Waals surface area contributed by atoms with E-state index in [1.807, 2.05) is 28.6 Å². The second kappa shape index (κ2) is 6.13. The molecule has 7 heteroatoms. The van der Waals surface area contributed by atoms with Crippen molar-refractivity contribution in [3.8, 4) is 10.4 Å². The van der Waals surface area contributed by atoms with E-state index in [1.54, 1.807) is 25.6 Å². The Labute approximate surface area is 160 Å². The summed E-state index contributed by atoms with van der Waals surface area (Å²) in [5.41, 5.74) is 3.29. The normalized spacial score (nSPS) is 20.6. The average molecular weight is 378 g/mol. The summed E-state index contributed by atoms with van der Waals surface area (Å²) >= 11 is 1.54. The van der Waals surface area contributed by atoms with Gasteiger partial charge in [-0.1, -0.05) is 6.07 Å². The van der Waals surface area contributed by atoms with E-state index in [-0.39, 0.29) is 23.6 Å². The maximum atomic E-state index is 13.6. The second-order valence-corrected chi connectivity index (χ2v) is 8.06. The standard InChI is InChI=1S/C20H18N4O2S/c1-23-10-15(13(8-19(23)25)18-3-2-6-27-18)20(26)24-12-4-5-17(24)14-9-21-11-22-16(14)7-12/h2-3,6,8-12,17H,4-5,7H2,1H3. The fourth-order valence-corrected chi connectivity index (χ4v) is 5.07. The zero-order chi connectivity index (χ0) is 18.5. The van der Waals surface area contributed by atoms with E-state index < -0.39 is 0 Å². The van der Waals surface area contributed by atoms with Gasteiger partial charge in [0.15, 0.2) is 0 Å². The molecule has 0 N–H and O–H groups in total. The third-order valence-electron chi connectivity index (χ3n) is 5.60. The number of pyridine rings is 1. The molecular weight excluding hydrogens is 360 g/mol. The van der Waals surface area contributed by atoms with E-state index in [2.05, 4.69) is 9.97 Å². The zero-order valence-corrected chi connectivity index (χ0v) is 15.6. The minimum Gasteiger partial charge on any atom is -0.328 e. The molecule has 27 heavy (non-hydrogen) atoms. The third-order valence-corrected chi connectivity index (χ3v) is 6.50. The van der Waals surface area contributed by atoms with Crippen molar-refractivity contribution in [2.24, 2.45) is 7.05 Å². The van der Waals surface area contributed by atoms with Crippen LogP contribution in [0.25, 0.3) is 10.4 Å². The Morgan fingerprint density at radius 3 is 3.04 bits per heavy atom. The van der Waals surface area contributed by atoms with Gasteiger partial charge < -0.3 is 9.47 Å². The van der Waals surface area contributed by atoms with Crippen LogP contribution in [-0.2, 0) is 13.5 Å². The van der Waals surface area contributed by atoms with Gasteiger partial charge in [-0.15, -0.1) is 11.3 Å². The summed E-state index contributed by atoms with van der Waals surface area (Å²) in [6, 6.07) is 5.62. The molecule has 0 saturated carbocycles. The summed E-state index contributed by atoms with van der Waals surface area (Å²) in [5.74, 6) is -0.0176. The van der Waals surface area contributed by atoms with Crippen LogP contribution in [0.15, 0.2) is 47.1 Å². The first kappa shape index (κ1) is 16.4. The number of hydrogen-bond acceptors (Lipinski definition) is 5. The second-order valence-electron chi connectivity index (χ2n) is 7.12. The number of rotatable bonds is 2. The van der Waals surface area contributed by atoms with Crippen LogP contribution >= 0.6 is 11.3 Å². The molecule has 3 aromatic rings. The number of carbonyl (C=O) groups excluding carboxylic acids is 1. The van der Waals surface area contributed by atoms with Gasteiger partial charge in [-0.05, 0) is 24.3 Å². The van der Waals surface area contributed by atoms with E-state index in [0.29, 0.717) is 11.1 Å². The molecule has 0 spiro atoms. The molecule has 0 aromatic carbocycles. The molecule has 5 heterocycles. The van der Waals surface area contributed by atoms with Gasteiger partial charge in [-0.2, -0.15) is 0 Å². The minimum absolute atomic E-state index is 0.0147. The van der Waals surface area contributed by atoms with Gasteiger partial charge in [0.1, 0.15) is 6.33 Å². The van der Waals surface area contributed by atoms with Gasteiger partial charge in [-0.3, -0.25) is 9.59 Å². The SMILES string of the molecule is Cn1cc(C(=O)N2C3CCC2c2cncnc2C3)c(-c2cccs2)cc1=O. The fourth-order valence-electron chi connectivity index (χ4n) is 4.31. The number of amides is 1. The molecule has 0 aliphatic carbocycles. The van der Waals surface area contributed by atoms with Gasteiger partial charge >= 0.3 is 0 Å². The van der Waals surface area contributed by atoms with E-state index in [1.165, 1.54) is 15.9 Å². The van der Waals surface area contributed by atoms with Crippen molar-refractivity contribution >= 4 is 17.2 Å². The van der Waals surface area contributed by atoms with Crippen LogP contribution in [0.1, 0.15) is 40.5 Å². The van der Waals surface area contributed by atoms with Crippen LogP contribution in [-0.4, -0.2) is 31.4 Å². The Bertz CT molecular complexity index is 1090. The molecule has 1 fully saturated rings. The lowest BCUT2D eigenvalue weighted by atomic mass is 9.97. The van der Waals surface area contributed by atoms with Crippen molar-refractivity contribution < 1.29 is 4.79 Å². The molecule has 1 saturated heterocycles. The van der Waals surface area contributed by atoms with Crippen molar-refractivity contribution in [1.29, 1.82) is 0 Å². The first-order chi connectivity index (χ1) is 13.1. The molecule has 0 radical (unpaired) electrons. The predicted molar refractivity (Wildman–Crippen MR) is 103 cm³/mol. The van der Waals surface area contributed by atoms with E-state index in [4.69, 9.17) is 0 Å². The van der Waals surface area contributed by atoms with Crippen LogP contribution in [0.2, 0.25) is 0 Å². The zero-order valence-electron chi connectivity index (χ0n) is 14.8. The molecule has 2 atom stereocenters. The predicted octanol–water partition coefficient (Wildman–Crippen LogP) is 2.81. The third kappa shape index (κ3) is 2.53. The quantitative estimate of drug-likeness (QED) is 0.688. The smallest absolute Gasteiger partial charge is 0.256 e. The number of hydrogen-bond donors (Lipinski definition) is 0. The lowest BCUT2D eigenvalue weighted by Gasteiger charge is -2.36. The summed E-state index contributed by atoms with van der Waals surface area (Å²) in [6.07, 6.45) is 7.76. The number of aromatic nitrogens is 3. The Morgan fingerprint density at radius 2 is 2.22 bits per heavy atom. The lowest BCUT2D eigenvalue weighted by Crippen LogP contribution is -2.42. The summed E-state index contributed by atoms with van der Waals surface area (Å²) < 4.78 is 1.48. The van der Waals surface area contributed by atoms with Crippen molar-refractivity contribution in [3.05, 3.63) is 69.5 Å². The largest absolute Gasteiger partial charge is 0.328 e. The Kier molecular flexibility index (Phi) is 3.72. The van der Waals surface area contributed by atoms with Crippen molar-refractivity contribution in [2.75, 3.05) is 0 Å². The number of thiophene rings is 1. The maximum absolute atomic E-state index is 13.6. The Morgan fingerprint density at radius 1 is 1.33 bits per heavy atom. The van der Waals surface area contributed by atoms with E-state index in [0.717, 1.165) is 35.4 Å². The Hall–Kier alpha value is -2.80. The van der Waals surface area contributed by atoms with Gasteiger partial charge in [-0.25, -0.2) is 9.97 Å². The highest BCUT2D eigenvalue weighted by molar-refractivity contribution is 7.13. The molecule has 2 aliphatic rings. The monoisotopic (exact) mass is 378 g/mol. The number of aryl methyl sites for hydroxylation is 1. The summed E-state index contributed by atoms with van der Waals surface area (Å²) in [6.45, 7) is 0. The first-order valence-corrected chi connectivity index (χ1v) is 9.87. The summed E-state index contributed by atoms with van der Waals surface area (Å²) in [5, 5.41) is 1.96. The van der Waals surface area contributed by atoms with E-state index >= 15 is 0 Å². The fraction of sp³-hybridized carbons (Fsp3) is 0.300. The molecule has 5 rings (SSSR count). The minimum atomic E-state index is -0.115. The van der Waals surface area contributed by atoms with Crippen molar-refractivity contribution in [1.82, 2.24) is 19.4 Å².